The second-order valence-corrected chi connectivity index (χ2v) is 7.11. The van der Waals surface area contributed by atoms with Gasteiger partial charge in [-0.15, -0.1) is 0 Å². The van der Waals surface area contributed by atoms with Gasteiger partial charge in [0.05, 0.1) is 23.0 Å². The lowest BCUT2D eigenvalue weighted by Gasteiger charge is -2.07. The second kappa shape index (κ2) is 8.28. The molecular weight excluding hydrogens is 398 g/mol. The number of carbonyl (C=O) groups excluding carboxylic acids is 1. The van der Waals surface area contributed by atoms with E-state index >= 15 is 0 Å². The molecular formula is C19H14ClN5O2S. The van der Waals surface area contributed by atoms with Gasteiger partial charge >= 0.3 is 0 Å². The first kappa shape index (κ1) is 18.3. The van der Waals surface area contributed by atoms with Crippen LogP contribution in [-0.2, 0) is 4.79 Å². The number of aromatic amines is 1. The van der Waals surface area contributed by atoms with E-state index in [1.54, 1.807) is 48.8 Å². The van der Waals surface area contributed by atoms with E-state index in [2.05, 4.69) is 25.3 Å². The summed E-state index contributed by atoms with van der Waals surface area (Å²) in [5, 5.41) is 4.14. The van der Waals surface area contributed by atoms with Crippen molar-refractivity contribution in [3.63, 3.8) is 0 Å². The first-order valence-electron chi connectivity index (χ1n) is 8.27. The molecule has 2 aromatic carbocycles. The number of H-pyrrole nitrogens is 1. The molecule has 0 aliphatic carbocycles. The van der Waals surface area contributed by atoms with Gasteiger partial charge in [0, 0.05) is 23.1 Å². The Morgan fingerprint density at radius 3 is 2.82 bits per heavy atom. The third-order valence-corrected chi connectivity index (χ3v) is 4.77. The van der Waals surface area contributed by atoms with Gasteiger partial charge in [-0.2, -0.15) is 0 Å². The van der Waals surface area contributed by atoms with Crippen molar-refractivity contribution in [1.82, 2.24) is 19.9 Å². The number of ether oxygens (including phenoxy) is 1. The summed E-state index contributed by atoms with van der Waals surface area (Å²) in [6, 6.07) is 12.4. The van der Waals surface area contributed by atoms with Gasteiger partial charge in [0.15, 0.2) is 5.16 Å². The second-order valence-electron chi connectivity index (χ2n) is 5.71. The number of hydrogen-bond acceptors (Lipinski definition) is 6. The van der Waals surface area contributed by atoms with Gasteiger partial charge < -0.3 is 15.0 Å². The molecule has 0 spiro atoms. The SMILES string of the molecule is O=C(CSc1nc2ccc(Cl)cc2[nH]1)Nc1ccc(Oc2cnccn2)cc1. The van der Waals surface area contributed by atoms with Crippen LogP contribution in [0.4, 0.5) is 5.69 Å². The Balaban J connectivity index is 1.31. The predicted octanol–water partition coefficient (Wildman–Crippen LogP) is 4.53. The largest absolute Gasteiger partial charge is 0.438 e. The summed E-state index contributed by atoms with van der Waals surface area (Å²) < 4.78 is 5.57. The minimum atomic E-state index is -0.133. The van der Waals surface area contributed by atoms with Gasteiger partial charge in [-0.1, -0.05) is 23.4 Å². The lowest BCUT2D eigenvalue weighted by molar-refractivity contribution is -0.113. The molecule has 0 aliphatic rings. The third-order valence-electron chi connectivity index (χ3n) is 3.66. The molecule has 0 aliphatic heterocycles. The maximum atomic E-state index is 12.2. The molecule has 0 saturated carbocycles. The van der Waals surface area contributed by atoms with Crippen LogP contribution in [0.3, 0.4) is 0 Å². The number of imidazole rings is 1. The topological polar surface area (TPSA) is 92.8 Å². The molecule has 9 heteroatoms. The Labute approximate surface area is 169 Å². The molecule has 0 saturated heterocycles. The molecule has 0 bridgehead atoms. The number of amides is 1. The smallest absolute Gasteiger partial charge is 0.237 e. The zero-order valence-corrected chi connectivity index (χ0v) is 16.0. The van der Waals surface area contributed by atoms with Crippen LogP contribution in [0.2, 0.25) is 5.02 Å². The number of benzene rings is 2. The minimum absolute atomic E-state index is 0.133. The van der Waals surface area contributed by atoms with Gasteiger partial charge in [-0.05, 0) is 42.5 Å². The van der Waals surface area contributed by atoms with E-state index in [1.165, 1.54) is 18.0 Å². The van der Waals surface area contributed by atoms with Crippen molar-refractivity contribution in [2.24, 2.45) is 0 Å². The van der Waals surface area contributed by atoms with Gasteiger partial charge in [0.25, 0.3) is 0 Å². The van der Waals surface area contributed by atoms with Crippen molar-refractivity contribution in [3.8, 4) is 11.6 Å². The summed E-state index contributed by atoms with van der Waals surface area (Å²) in [6.45, 7) is 0. The Morgan fingerprint density at radius 1 is 1.18 bits per heavy atom. The summed E-state index contributed by atoms with van der Waals surface area (Å²) in [5.41, 5.74) is 2.33. The molecule has 28 heavy (non-hydrogen) atoms. The van der Waals surface area contributed by atoms with E-state index in [0.29, 0.717) is 27.5 Å². The third kappa shape index (κ3) is 4.59. The molecule has 0 fully saturated rings. The number of hydrogen-bond donors (Lipinski definition) is 2. The highest BCUT2D eigenvalue weighted by Gasteiger charge is 2.08. The Hall–Kier alpha value is -3.10. The number of rotatable bonds is 6. The molecule has 140 valence electrons. The number of halogens is 1. The Morgan fingerprint density at radius 2 is 2.04 bits per heavy atom. The van der Waals surface area contributed by atoms with E-state index in [0.717, 1.165) is 11.0 Å². The van der Waals surface area contributed by atoms with Gasteiger partial charge in [-0.3, -0.25) is 9.78 Å². The van der Waals surface area contributed by atoms with Gasteiger partial charge in [-0.25, -0.2) is 9.97 Å². The zero-order chi connectivity index (χ0) is 19.3. The van der Waals surface area contributed by atoms with Crippen molar-refractivity contribution < 1.29 is 9.53 Å². The van der Waals surface area contributed by atoms with Crippen LogP contribution in [0.1, 0.15) is 0 Å². The number of anilines is 1. The van der Waals surface area contributed by atoms with Crippen molar-refractivity contribution in [2.75, 3.05) is 11.1 Å². The highest BCUT2D eigenvalue weighted by molar-refractivity contribution is 7.99. The summed E-state index contributed by atoms with van der Waals surface area (Å²) in [4.78, 5) is 27.7. The number of nitrogens with one attached hydrogen (secondary N) is 2. The molecule has 7 nitrogen and oxygen atoms in total. The molecule has 2 heterocycles. The van der Waals surface area contributed by atoms with Crippen LogP contribution in [-0.4, -0.2) is 31.6 Å². The Bertz CT molecular complexity index is 1100. The first-order chi connectivity index (χ1) is 13.7. The molecule has 0 radical (unpaired) electrons. The normalized spacial score (nSPS) is 10.8. The highest BCUT2D eigenvalue weighted by Crippen LogP contribution is 2.23. The monoisotopic (exact) mass is 411 g/mol. The van der Waals surface area contributed by atoms with Gasteiger partial charge in [0.2, 0.25) is 11.8 Å². The van der Waals surface area contributed by atoms with Crippen molar-refractivity contribution in [1.29, 1.82) is 0 Å². The van der Waals surface area contributed by atoms with Gasteiger partial charge in [0.1, 0.15) is 5.75 Å². The zero-order valence-electron chi connectivity index (χ0n) is 14.4. The fourth-order valence-corrected chi connectivity index (χ4v) is 3.28. The summed E-state index contributed by atoms with van der Waals surface area (Å²) in [6.07, 6.45) is 4.65. The number of thioether (sulfide) groups is 1. The fourth-order valence-electron chi connectivity index (χ4n) is 2.42. The summed E-state index contributed by atoms with van der Waals surface area (Å²) in [5.74, 6) is 1.11. The highest BCUT2D eigenvalue weighted by atomic mass is 35.5. The number of fused-ring (bicyclic) bond motifs is 1. The molecule has 2 N–H and O–H groups in total. The van der Waals surface area contributed by atoms with Crippen LogP contribution in [0.25, 0.3) is 11.0 Å². The van der Waals surface area contributed by atoms with Crippen LogP contribution in [0.5, 0.6) is 11.6 Å². The quantitative estimate of drug-likeness (QED) is 0.453. The average molecular weight is 412 g/mol. The minimum Gasteiger partial charge on any atom is -0.438 e. The molecule has 0 atom stereocenters. The van der Waals surface area contributed by atoms with Crippen molar-refractivity contribution in [2.45, 2.75) is 5.16 Å². The van der Waals surface area contributed by atoms with E-state index in [1.807, 2.05) is 6.07 Å². The lowest BCUT2D eigenvalue weighted by atomic mass is 10.3. The predicted molar refractivity (Wildman–Crippen MR) is 109 cm³/mol. The summed E-state index contributed by atoms with van der Waals surface area (Å²) >= 11 is 7.29. The average Bonchev–Trinajstić information content (AvgIpc) is 3.11. The summed E-state index contributed by atoms with van der Waals surface area (Å²) in [7, 11) is 0. The molecule has 1 amide bonds. The molecule has 4 rings (SSSR count). The van der Waals surface area contributed by atoms with E-state index in [-0.39, 0.29) is 11.7 Å². The first-order valence-corrected chi connectivity index (χ1v) is 9.64. The molecule has 0 unspecified atom stereocenters. The Kier molecular flexibility index (Phi) is 5.41. The molecule has 4 aromatic rings. The van der Waals surface area contributed by atoms with Crippen LogP contribution >= 0.6 is 23.4 Å². The number of aromatic nitrogens is 4. The van der Waals surface area contributed by atoms with E-state index in [9.17, 15) is 4.79 Å². The fraction of sp³-hybridized carbons (Fsp3) is 0.0526. The maximum Gasteiger partial charge on any atom is 0.237 e. The van der Waals surface area contributed by atoms with Crippen molar-refractivity contribution >= 4 is 46.0 Å². The van der Waals surface area contributed by atoms with E-state index in [4.69, 9.17) is 16.3 Å². The van der Waals surface area contributed by atoms with E-state index < -0.39 is 0 Å². The van der Waals surface area contributed by atoms with Crippen molar-refractivity contribution in [3.05, 3.63) is 66.1 Å². The van der Waals surface area contributed by atoms with Crippen LogP contribution in [0, 0.1) is 0 Å². The number of carbonyl (C=O) groups is 1. The standard InChI is InChI=1S/C19H14ClN5O2S/c20-12-1-6-15-16(9-12)25-19(24-15)28-11-17(26)23-13-2-4-14(5-3-13)27-18-10-21-7-8-22-18/h1-10H,11H2,(H,23,26)(H,24,25). The van der Waals surface area contributed by atoms with Crippen LogP contribution < -0.4 is 10.1 Å². The maximum absolute atomic E-state index is 12.2. The number of nitrogens with zero attached hydrogens (tertiary/aromatic N) is 3. The lowest BCUT2D eigenvalue weighted by Crippen LogP contribution is -2.14. The molecule has 2 aromatic heterocycles. The van der Waals surface area contributed by atoms with Crippen LogP contribution in [0.15, 0.2) is 66.2 Å².